The summed E-state index contributed by atoms with van der Waals surface area (Å²) in [6, 6.07) is 0. The summed E-state index contributed by atoms with van der Waals surface area (Å²) >= 11 is 0. The van der Waals surface area contributed by atoms with Gasteiger partial charge in [0.1, 0.15) is 6.10 Å². The van der Waals surface area contributed by atoms with Crippen LogP contribution in [0.2, 0.25) is 0 Å². The second kappa shape index (κ2) is 6.36. The molecule has 3 atom stereocenters. The molecule has 88 valence electrons. The number of aliphatic hydroxyl groups excluding tert-OH is 2. The minimum Gasteiger partial charge on any atom is -0.478 e. The molecule has 0 heterocycles. The highest BCUT2D eigenvalue weighted by molar-refractivity contribution is 5.78. The fourth-order valence-electron chi connectivity index (χ4n) is 0.939. The van der Waals surface area contributed by atoms with Gasteiger partial charge in [-0.3, -0.25) is 4.79 Å². The Balaban J connectivity index is 4.29. The normalized spacial score (nSPS) is 16.5. The molecule has 0 aliphatic rings. The molecule has 0 aromatic rings. The number of aliphatic hydroxyl groups is 2. The van der Waals surface area contributed by atoms with Crippen LogP contribution in [0.1, 0.15) is 26.7 Å². The Morgan fingerprint density at radius 3 is 2.20 bits per heavy atom. The maximum Gasteiger partial charge on any atom is 0.347 e. The number of hydrogen-bond donors (Lipinski definition) is 3. The third-order valence-corrected chi connectivity index (χ3v) is 1.73. The third-order valence-electron chi connectivity index (χ3n) is 1.73. The van der Waals surface area contributed by atoms with Crippen LogP contribution in [-0.2, 0) is 14.3 Å². The second-order valence-electron chi connectivity index (χ2n) is 3.28. The van der Waals surface area contributed by atoms with E-state index in [2.05, 4.69) is 4.74 Å². The van der Waals surface area contributed by atoms with E-state index < -0.39 is 30.3 Å². The molecule has 0 spiro atoms. The molecule has 0 aromatic carbocycles. The number of carbonyl (C=O) groups excluding carboxylic acids is 1. The number of hydrogen-bond acceptors (Lipinski definition) is 5. The molecule has 15 heavy (non-hydrogen) atoms. The van der Waals surface area contributed by atoms with Crippen molar-refractivity contribution in [1.29, 1.82) is 0 Å². The van der Waals surface area contributed by atoms with Crippen molar-refractivity contribution in [2.75, 3.05) is 0 Å². The standard InChI is InChI=1S/C9H16O6/c1-3-6(11)8(9(13)14)15-7(12)4-5(2)10/h5-6,8,10-11H,3-4H2,1-2H3,(H,13,14)/t5-,6-,8-/m1/s1. The Labute approximate surface area is 87.5 Å². The average molecular weight is 220 g/mol. The van der Waals surface area contributed by atoms with Crippen LogP contribution in [-0.4, -0.2) is 45.6 Å². The van der Waals surface area contributed by atoms with Gasteiger partial charge in [-0.1, -0.05) is 6.92 Å². The molecule has 0 aliphatic carbocycles. The lowest BCUT2D eigenvalue weighted by Crippen LogP contribution is -2.38. The first-order chi connectivity index (χ1) is 6.88. The lowest BCUT2D eigenvalue weighted by Gasteiger charge is -2.18. The molecule has 0 radical (unpaired) electrons. The molecular formula is C9H16O6. The highest BCUT2D eigenvalue weighted by atomic mass is 16.6. The number of carbonyl (C=O) groups is 2. The van der Waals surface area contributed by atoms with Crippen LogP contribution in [0.25, 0.3) is 0 Å². The van der Waals surface area contributed by atoms with Gasteiger partial charge in [-0.25, -0.2) is 4.79 Å². The predicted octanol–water partition coefficient (Wildman–Crippen LogP) is -0.475. The summed E-state index contributed by atoms with van der Waals surface area (Å²) in [4.78, 5) is 21.7. The molecule has 0 bridgehead atoms. The fraction of sp³-hybridized carbons (Fsp3) is 0.778. The van der Waals surface area contributed by atoms with E-state index in [1.165, 1.54) is 6.92 Å². The number of esters is 1. The molecule has 0 rings (SSSR count). The zero-order valence-electron chi connectivity index (χ0n) is 8.71. The van der Waals surface area contributed by atoms with E-state index >= 15 is 0 Å². The first-order valence-electron chi connectivity index (χ1n) is 4.66. The van der Waals surface area contributed by atoms with Gasteiger partial charge >= 0.3 is 11.9 Å². The van der Waals surface area contributed by atoms with Crippen LogP contribution in [0.3, 0.4) is 0 Å². The number of rotatable bonds is 6. The zero-order chi connectivity index (χ0) is 12.0. The van der Waals surface area contributed by atoms with Crippen molar-refractivity contribution in [2.24, 2.45) is 0 Å². The summed E-state index contributed by atoms with van der Waals surface area (Å²) in [5, 5.41) is 26.8. The quantitative estimate of drug-likeness (QED) is 0.522. The smallest absolute Gasteiger partial charge is 0.347 e. The Kier molecular flexibility index (Phi) is 5.88. The van der Waals surface area contributed by atoms with Gasteiger partial charge in [0, 0.05) is 0 Å². The van der Waals surface area contributed by atoms with Crippen molar-refractivity contribution in [3.63, 3.8) is 0 Å². The summed E-state index contributed by atoms with van der Waals surface area (Å²) in [5.41, 5.74) is 0. The molecule has 0 fully saturated rings. The van der Waals surface area contributed by atoms with E-state index in [1.807, 2.05) is 0 Å². The van der Waals surface area contributed by atoms with Gasteiger partial charge in [0.2, 0.25) is 6.10 Å². The lowest BCUT2D eigenvalue weighted by molar-refractivity contribution is -0.173. The fourth-order valence-corrected chi connectivity index (χ4v) is 0.939. The number of carboxylic acids is 1. The molecule has 0 aliphatic heterocycles. The lowest BCUT2D eigenvalue weighted by atomic mass is 10.1. The van der Waals surface area contributed by atoms with Gasteiger partial charge in [-0.2, -0.15) is 0 Å². The maximum atomic E-state index is 11.0. The molecule has 3 N–H and O–H groups in total. The van der Waals surface area contributed by atoms with Gasteiger partial charge < -0.3 is 20.1 Å². The van der Waals surface area contributed by atoms with E-state index in [-0.39, 0.29) is 12.8 Å². The van der Waals surface area contributed by atoms with Crippen molar-refractivity contribution < 1.29 is 29.6 Å². The Morgan fingerprint density at radius 2 is 1.87 bits per heavy atom. The highest BCUT2D eigenvalue weighted by Crippen LogP contribution is 2.06. The molecule has 6 nitrogen and oxygen atoms in total. The molecule has 0 amide bonds. The van der Waals surface area contributed by atoms with Crippen LogP contribution >= 0.6 is 0 Å². The first kappa shape index (κ1) is 13.9. The summed E-state index contributed by atoms with van der Waals surface area (Å²) in [5.74, 6) is -2.24. The zero-order valence-corrected chi connectivity index (χ0v) is 8.71. The summed E-state index contributed by atoms with van der Waals surface area (Å²) in [7, 11) is 0. The average Bonchev–Trinajstić information content (AvgIpc) is 2.11. The van der Waals surface area contributed by atoms with Crippen LogP contribution in [0.15, 0.2) is 0 Å². The topological polar surface area (TPSA) is 104 Å². The van der Waals surface area contributed by atoms with Gasteiger partial charge in [-0.15, -0.1) is 0 Å². The van der Waals surface area contributed by atoms with Gasteiger partial charge in [-0.05, 0) is 13.3 Å². The summed E-state index contributed by atoms with van der Waals surface area (Å²) in [6.07, 6.45) is -3.83. The number of aliphatic carboxylic acids is 1. The number of carboxylic acid groups (broad SMARTS) is 1. The van der Waals surface area contributed by atoms with Gasteiger partial charge in [0.25, 0.3) is 0 Å². The molecule has 0 unspecified atom stereocenters. The Bertz CT molecular complexity index is 225. The van der Waals surface area contributed by atoms with Gasteiger partial charge in [0.15, 0.2) is 0 Å². The third kappa shape index (κ3) is 5.34. The predicted molar refractivity (Wildman–Crippen MR) is 50.1 cm³/mol. The monoisotopic (exact) mass is 220 g/mol. The van der Waals surface area contributed by atoms with E-state index in [0.717, 1.165) is 0 Å². The van der Waals surface area contributed by atoms with Crippen molar-refractivity contribution in [3.05, 3.63) is 0 Å². The molecular weight excluding hydrogens is 204 g/mol. The summed E-state index contributed by atoms with van der Waals surface area (Å²) < 4.78 is 4.53. The minimum atomic E-state index is -1.57. The highest BCUT2D eigenvalue weighted by Gasteiger charge is 2.29. The van der Waals surface area contributed by atoms with E-state index in [0.29, 0.717) is 0 Å². The Morgan fingerprint density at radius 1 is 1.33 bits per heavy atom. The Hall–Kier alpha value is -1.14. The van der Waals surface area contributed by atoms with E-state index in [9.17, 15) is 14.7 Å². The van der Waals surface area contributed by atoms with Gasteiger partial charge in [0.05, 0.1) is 12.5 Å². The first-order valence-corrected chi connectivity index (χ1v) is 4.66. The maximum absolute atomic E-state index is 11.0. The number of ether oxygens (including phenoxy) is 1. The van der Waals surface area contributed by atoms with Crippen LogP contribution in [0.4, 0.5) is 0 Å². The van der Waals surface area contributed by atoms with E-state index in [1.54, 1.807) is 6.92 Å². The minimum absolute atomic E-state index is 0.166. The van der Waals surface area contributed by atoms with E-state index in [4.69, 9.17) is 10.2 Å². The largest absolute Gasteiger partial charge is 0.478 e. The van der Waals surface area contributed by atoms with Crippen LogP contribution < -0.4 is 0 Å². The molecule has 0 saturated carbocycles. The van der Waals surface area contributed by atoms with Crippen LogP contribution in [0, 0.1) is 0 Å². The molecule has 6 heteroatoms. The van der Waals surface area contributed by atoms with Crippen LogP contribution in [0.5, 0.6) is 0 Å². The van der Waals surface area contributed by atoms with Crippen molar-refractivity contribution in [3.8, 4) is 0 Å². The summed E-state index contributed by atoms with van der Waals surface area (Å²) in [6.45, 7) is 2.95. The SMILES string of the molecule is CC[C@@H](O)[C@@H](OC(=O)C[C@@H](C)O)C(=O)O. The second-order valence-corrected chi connectivity index (χ2v) is 3.28. The molecule has 0 aromatic heterocycles. The van der Waals surface area contributed by atoms with Crippen molar-refractivity contribution in [2.45, 2.75) is 45.0 Å². The van der Waals surface area contributed by atoms with Crippen molar-refractivity contribution in [1.82, 2.24) is 0 Å². The molecule has 0 saturated heterocycles. The van der Waals surface area contributed by atoms with Crippen molar-refractivity contribution >= 4 is 11.9 Å².